The highest BCUT2D eigenvalue weighted by atomic mass is 16.6. The van der Waals surface area contributed by atoms with Crippen molar-refractivity contribution < 1.29 is 14.4 Å². The first kappa shape index (κ1) is 14.6. The van der Waals surface area contributed by atoms with Crippen LogP contribution in [0.25, 0.3) is 0 Å². The van der Waals surface area contributed by atoms with E-state index in [0.29, 0.717) is 25.9 Å². The molecular formula is C14H19N5O3. The van der Waals surface area contributed by atoms with Gasteiger partial charge >= 0.3 is 0 Å². The average molecular weight is 305 g/mol. The van der Waals surface area contributed by atoms with Crippen LogP contribution in [0.1, 0.15) is 41.5 Å². The van der Waals surface area contributed by atoms with Gasteiger partial charge in [0.15, 0.2) is 5.69 Å². The third-order valence-corrected chi connectivity index (χ3v) is 4.20. The molecule has 2 amide bonds. The Morgan fingerprint density at radius 1 is 1.45 bits per heavy atom. The fourth-order valence-corrected chi connectivity index (χ4v) is 2.95. The number of oxime groups is 1. The number of nitrogens with two attached hydrogens (primary N) is 1. The topological polar surface area (TPSA) is 103 Å². The Balaban J connectivity index is 1.77. The van der Waals surface area contributed by atoms with Gasteiger partial charge in [-0.2, -0.15) is 5.10 Å². The largest absolute Gasteiger partial charge is 0.382 e. The smallest absolute Gasteiger partial charge is 0.269 e. The summed E-state index contributed by atoms with van der Waals surface area (Å²) in [6, 6.07) is 0. The van der Waals surface area contributed by atoms with Crippen LogP contribution in [0.3, 0.4) is 0 Å². The minimum absolute atomic E-state index is 0.0999. The summed E-state index contributed by atoms with van der Waals surface area (Å²) in [5, 5.41) is 8.08. The Morgan fingerprint density at radius 3 is 2.86 bits per heavy atom. The molecule has 0 saturated heterocycles. The first-order valence-electron chi connectivity index (χ1n) is 7.36. The van der Waals surface area contributed by atoms with E-state index in [9.17, 15) is 9.59 Å². The second-order valence-electron chi connectivity index (χ2n) is 5.58. The molecule has 2 N–H and O–H groups in total. The minimum atomic E-state index is -0.570. The van der Waals surface area contributed by atoms with Crippen LogP contribution < -0.4 is 5.73 Å². The zero-order valence-electron chi connectivity index (χ0n) is 12.7. The van der Waals surface area contributed by atoms with Crippen LogP contribution in [-0.2, 0) is 29.6 Å². The molecule has 0 spiro atoms. The van der Waals surface area contributed by atoms with E-state index in [4.69, 9.17) is 10.6 Å². The highest BCUT2D eigenvalue weighted by molar-refractivity contribution is 5.94. The van der Waals surface area contributed by atoms with E-state index in [1.54, 1.807) is 16.6 Å². The van der Waals surface area contributed by atoms with E-state index < -0.39 is 12.0 Å². The van der Waals surface area contributed by atoms with Crippen molar-refractivity contribution in [1.29, 1.82) is 0 Å². The maximum absolute atomic E-state index is 12.5. The predicted molar refractivity (Wildman–Crippen MR) is 78.1 cm³/mol. The van der Waals surface area contributed by atoms with Crippen molar-refractivity contribution in [3.05, 3.63) is 17.0 Å². The second kappa shape index (κ2) is 5.43. The number of carbonyl (C=O) groups excluding carboxylic acids is 2. The lowest BCUT2D eigenvalue weighted by Crippen LogP contribution is -2.42. The van der Waals surface area contributed by atoms with Gasteiger partial charge in [-0.25, -0.2) is 0 Å². The van der Waals surface area contributed by atoms with Crippen molar-refractivity contribution in [2.24, 2.45) is 17.9 Å². The lowest BCUT2D eigenvalue weighted by Gasteiger charge is -2.28. The molecule has 8 nitrogen and oxygen atoms in total. The fraction of sp³-hybridized carbons (Fsp3) is 0.571. The molecule has 0 radical (unpaired) electrons. The summed E-state index contributed by atoms with van der Waals surface area (Å²) in [4.78, 5) is 31.0. The monoisotopic (exact) mass is 305 g/mol. The van der Waals surface area contributed by atoms with Gasteiger partial charge in [0.25, 0.3) is 11.8 Å². The third-order valence-electron chi connectivity index (χ3n) is 4.20. The molecule has 2 aliphatic rings. The number of hydrogen-bond acceptors (Lipinski definition) is 5. The lowest BCUT2D eigenvalue weighted by atomic mass is 10.0. The molecule has 2 aliphatic heterocycles. The molecule has 118 valence electrons. The summed E-state index contributed by atoms with van der Waals surface area (Å²) in [6.45, 7) is 2.89. The van der Waals surface area contributed by atoms with Crippen LogP contribution in [0, 0.1) is 0 Å². The standard InChI is InChI=1S/C14H19N5O3/c1-3-8-6-11(22-17-8)14(21)19-5-4-10-9(7-19)12(13(15)20)16-18(10)2/h11H,3-7H2,1-2H3,(H2,15,20)/t11-/m1/s1. The van der Waals surface area contributed by atoms with Gasteiger partial charge in [0.1, 0.15) is 0 Å². The molecule has 0 bridgehead atoms. The first-order chi connectivity index (χ1) is 10.5. The zero-order valence-corrected chi connectivity index (χ0v) is 12.7. The molecule has 0 saturated carbocycles. The second-order valence-corrected chi connectivity index (χ2v) is 5.58. The van der Waals surface area contributed by atoms with E-state index in [0.717, 1.165) is 23.4 Å². The number of amides is 2. The molecule has 0 aliphatic carbocycles. The summed E-state index contributed by atoms with van der Waals surface area (Å²) >= 11 is 0. The van der Waals surface area contributed by atoms with Crippen molar-refractivity contribution in [3.8, 4) is 0 Å². The molecular weight excluding hydrogens is 286 g/mol. The van der Waals surface area contributed by atoms with Crippen molar-refractivity contribution in [1.82, 2.24) is 14.7 Å². The van der Waals surface area contributed by atoms with Gasteiger partial charge < -0.3 is 15.5 Å². The Hall–Kier alpha value is -2.38. The number of fused-ring (bicyclic) bond motifs is 1. The lowest BCUT2D eigenvalue weighted by molar-refractivity contribution is -0.143. The highest BCUT2D eigenvalue weighted by Crippen LogP contribution is 2.24. The molecule has 22 heavy (non-hydrogen) atoms. The fourth-order valence-electron chi connectivity index (χ4n) is 2.95. The van der Waals surface area contributed by atoms with Crippen molar-refractivity contribution >= 4 is 17.5 Å². The van der Waals surface area contributed by atoms with E-state index in [-0.39, 0.29) is 11.6 Å². The van der Waals surface area contributed by atoms with E-state index >= 15 is 0 Å². The number of aryl methyl sites for hydroxylation is 1. The maximum Gasteiger partial charge on any atom is 0.269 e. The van der Waals surface area contributed by atoms with Gasteiger partial charge in [-0.15, -0.1) is 0 Å². The van der Waals surface area contributed by atoms with Gasteiger partial charge in [0, 0.05) is 44.2 Å². The number of primary amides is 1. The maximum atomic E-state index is 12.5. The molecule has 3 heterocycles. The number of carbonyl (C=O) groups is 2. The quantitative estimate of drug-likeness (QED) is 0.846. The number of aromatic nitrogens is 2. The highest BCUT2D eigenvalue weighted by Gasteiger charge is 2.35. The van der Waals surface area contributed by atoms with E-state index in [1.807, 2.05) is 6.92 Å². The van der Waals surface area contributed by atoms with Gasteiger partial charge in [-0.05, 0) is 6.42 Å². The number of hydrogen-bond donors (Lipinski definition) is 1. The van der Waals surface area contributed by atoms with Gasteiger partial charge in [-0.1, -0.05) is 12.1 Å². The van der Waals surface area contributed by atoms with E-state index in [1.165, 1.54) is 0 Å². The van der Waals surface area contributed by atoms with Crippen LogP contribution >= 0.6 is 0 Å². The van der Waals surface area contributed by atoms with Crippen LogP contribution in [0.4, 0.5) is 0 Å². The van der Waals surface area contributed by atoms with Crippen LogP contribution in [0.15, 0.2) is 5.16 Å². The van der Waals surface area contributed by atoms with Gasteiger partial charge in [-0.3, -0.25) is 14.3 Å². The van der Waals surface area contributed by atoms with Gasteiger partial charge in [0.05, 0.1) is 5.71 Å². The first-order valence-corrected chi connectivity index (χ1v) is 7.36. The normalized spacial score (nSPS) is 20.4. The van der Waals surface area contributed by atoms with Crippen molar-refractivity contribution in [2.45, 2.75) is 38.8 Å². The van der Waals surface area contributed by atoms with E-state index in [2.05, 4.69) is 10.3 Å². The SMILES string of the molecule is CCC1=NO[C@@H](C(=O)N2CCc3c(c(C(N)=O)nn3C)C2)C1. The summed E-state index contributed by atoms with van der Waals surface area (Å²) in [5.74, 6) is -0.669. The van der Waals surface area contributed by atoms with Gasteiger partial charge in [0.2, 0.25) is 6.10 Å². The molecule has 1 aromatic heterocycles. The van der Waals surface area contributed by atoms with Crippen molar-refractivity contribution in [2.75, 3.05) is 6.54 Å². The predicted octanol–water partition coefficient (Wildman–Crippen LogP) is -0.0414. The molecule has 0 fully saturated rings. The summed E-state index contributed by atoms with van der Waals surface area (Å²) in [6.07, 6.45) is 1.41. The Kier molecular flexibility index (Phi) is 3.59. The molecule has 8 heteroatoms. The Labute approximate surface area is 127 Å². The average Bonchev–Trinajstić information content (AvgIpc) is 3.11. The number of nitrogens with zero attached hydrogens (tertiary/aromatic N) is 4. The molecule has 3 rings (SSSR count). The van der Waals surface area contributed by atoms with Crippen LogP contribution in [-0.4, -0.2) is 44.9 Å². The third kappa shape index (κ3) is 2.34. The summed E-state index contributed by atoms with van der Waals surface area (Å²) in [7, 11) is 1.78. The minimum Gasteiger partial charge on any atom is -0.382 e. The Bertz CT molecular complexity index is 664. The Morgan fingerprint density at radius 2 is 2.23 bits per heavy atom. The molecule has 1 aromatic rings. The zero-order chi connectivity index (χ0) is 15.9. The van der Waals surface area contributed by atoms with Crippen molar-refractivity contribution in [3.63, 3.8) is 0 Å². The van der Waals surface area contributed by atoms with Crippen LogP contribution in [0.5, 0.6) is 0 Å². The summed E-state index contributed by atoms with van der Waals surface area (Å²) < 4.78 is 1.67. The summed E-state index contributed by atoms with van der Waals surface area (Å²) in [5.41, 5.74) is 8.21. The molecule has 1 atom stereocenters. The van der Waals surface area contributed by atoms with Crippen LogP contribution in [0.2, 0.25) is 0 Å². The molecule has 0 aromatic carbocycles. The number of rotatable bonds is 3. The molecule has 0 unspecified atom stereocenters.